The van der Waals surface area contributed by atoms with E-state index in [1.807, 2.05) is 13.8 Å². The van der Waals surface area contributed by atoms with E-state index in [-0.39, 0.29) is 0 Å². The van der Waals surface area contributed by atoms with Crippen LogP contribution in [0, 0.1) is 0 Å². The van der Waals surface area contributed by atoms with Crippen LogP contribution in [-0.2, 0) is 0 Å². The third-order valence-electron chi connectivity index (χ3n) is 3.21. The molecule has 0 radical (unpaired) electrons. The lowest BCUT2D eigenvalue weighted by Crippen LogP contribution is -1.82. The summed E-state index contributed by atoms with van der Waals surface area (Å²) < 4.78 is 0. The Balaban J connectivity index is 0. The molecule has 19 heavy (non-hydrogen) atoms. The van der Waals surface area contributed by atoms with Crippen LogP contribution < -0.4 is 0 Å². The fourth-order valence-corrected chi connectivity index (χ4v) is 2.09. The highest BCUT2D eigenvalue weighted by molar-refractivity contribution is 4.78. The average Bonchev–Trinajstić information content (AvgIpc) is 2.35. The van der Waals surface area contributed by atoms with Gasteiger partial charge >= 0.3 is 0 Å². The topological polar surface area (TPSA) is 0 Å². The van der Waals surface area contributed by atoms with E-state index in [0.29, 0.717) is 0 Å². The lowest BCUT2D eigenvalue weighted by Gasteiger charge is -2.01. The van der Waals surface area contributed by atoms with Crippen molar-refractivity contribution in [1.29, 1.82) is 0 Å². The highest BCUT2D eigenvalue weighted by Crippen LogP contribution is 2.12. The molecule has 0 bridgehead atoms. The summed E-state index contributed by atoms with van der Waals surface area (Å²) in [7, 11) is 0. The van der Waals surface area contributed by atoms with Gasteiger partial charge in [-0.05, 0) is 13.8 Å². The first-order valence-corrected chi connectivity index (χ1v) is 8.77. The summed E-state index contributed by atoms with van der Waals surface area (Å²) in [5.74, 6) is 0. The number of allylic oxidation sites excluding steroid dienone is 1. The van der Waals surface area contributed by atoms with Gasteiger partial charge < -0.3 is 0 Å². The molecule has 0 aliphatic carbocycles. The number of unbranched alkanes of at least 4 members (excludes halogenated alkanes) is 12. The molecule has 0 unspecified atom stereocenters. The molecule has 0 aliphatic heterocycles. The Hall–Kier alpha value is -0.260. The maximum Gasteiger partial charge on any atom is -0.0445 e. The first-order valence-electron chi connectivity index (χ1n) is 8.77. The molecular formula is C19H40. The molecule has 0 heterocycles. The second-order valence-electron chi connectivity index (χ2n) is 6.10. The minimum atomic E-state index is 1.17. The van der Waals surface area contributed by atoms with E-state index in [2.05, 4.69) is 20.4 Å². The van der Waals surface area contributed by atoms with E-state index in [9.17, 15) is 0 Å². The Labute approximate surface area is 124 Å². The summed E-state index contributed by atoms with van der Waals surface area (Å²) in [5.41, 5.74) is 1.17. The molecule has 116 valence electrons. The van der Waals surface area contributed by atoms with Crippen molar-refractivity contribution in [3.8, 4) is 0 Å². The summed E-state index contributed by atoms with van der Waals surface area (Å²) in [4.78, 5) is 0. The van der Waals surface area contributed by atoms with Crippen molar-refractivity contribution in [2.24, 2.45) is 0 Å². The summed E-state index contributed by atoms with van der Waals surface area (Å²) in [5, 5.41) is 0. The molecule has 0 heteroatoms. The largest absolute Gasteiger partial charge is 0.100 e. The predicted molar refractivity (Wildman–Crippen MR) is 91.9 cm³/mol. The van der Waals surface area contributed by atoms with E-state index < -0.39 is 0 Å². The fraction of sp³-hybridized carbons (Fsp3) is 0.895. The molecule has 0 saturated heterocycles. The van der Waals surface area contributed by atoms with Crippen molar-refractivity contribution in [3.63, 3.8) is 0 Å². The molecule has 0 saturated carbocycles. The smallest absolute Gasteiger partial charge is 0.0445 e. The van der Waals surface area contributed by atoms with Gasteiger partial charge in [0.15, 0.2) is 0 Å². The van der Waals surface area contributed by atoms with E-state index in [1.165, 1.54) is 89.0 Å². The molecule has 0 amide bonds. The Morgan fingerprint density at radius 3 is 0.842 bits per heavy atom. The van der Waals surface area contributed by atoms with E-state index in [4.69, 9.17) is 0 Å². The average molecular weight is 269 g/mol. The second kappa shape index (κ2) is 20.1. The number of hydrogen-bond acceptors (Lipinski definition) is 0. The van der Waals surface area contributed by atoms with Gasteiger partial charge in [-0.2, -0.15) is 0 Å². The molecule has 0 fully saturated rings. The monoisotopic (exact) mass is 268 g/mol. The minimum Gasteiger partial charge on any atom is -0.100 e. The Bertz CT molecular complexity index is 141. The van der Waals surface area contributed by atoms with E-state index in [1.54, 1.807) is 0 Å². The van der Waals surface area contributed by atoms with Crippen LogP contribution in [0.4, 0.5) is 0 Å². The van der Waals surface area contributed by atoms with Crippen LogP contribution in [0.15, 0.2) is 12.2 Å². The molecule has 0 rings (SSSR count). The maximum absolute atomic E-state index is 3.56. The Morgan fingerprint density at radius 1 is 0.526 bits per heavy atom. The number of rotatable bonds is 12. The normalized spacial score (nSPS) is 9.89. The van der Waals surface area contributed by atoms with Gasteiger partial charge in [-0.1, -0.05) is 103 Å². The molecule has 0 aromatic heterocycles. The molecular weight excluding hydrogens is 228 g/mol. The molecule has 0 spiro atoms. The zero-order valence-corrected chi connectivity index (χ0v) is 14.4. The van der Waals surface area contributed by atoms with Gasteiger partial charge in [-0.3, -0.25) is 0 Å². The first-order chi connectivity index (χ1) is 9.15. The van der Waals surface area contributed by atoms with Crippen molar-refractivity contribution >= 4 is 0 Å². The zero-order valence-electron chi connectivity index (χ0n) is 14.4. The van der Waals surface area contributed by atoms with Crippen molar-refractivity contribution in [2.45, 2.75) is 111 Å². The van der Waals surface area contributed by atoms with Gasteiger partial charge in [0, 0.05) is 0 Å². The fourth-order valence-electron chi connectivity index (χ4n) is 2.09. The van der Waals surface area contributed by atoms with Gasteiger partial charge in [0.05, 0.1) is 0 Å². The molecule has 0 nitrogen and oxygen atoms in total. The van der Waals surface area contributed by atoms with E-state index >= 15 is 0 Å². The summed E-state index contributed by atoms with van der Waals surface area (Å²) in [6.07, 6.45) is 18.9. The van der Waals surface area contributed by atoms with Crippen molar-refractivity contribution in [2.75, 3.05) is 0 Å². The van der Waals surface area contributed by atoms with Crippen LogP contribution in [0.3, 0.4) is 0 Å². The molecule has 0 N–H and O–H groups in total. The van der Waals surface area contributed by atoms with Gasteiger partial charge in [-0.25, -0.2) is 0 Å². The Kier molecular flexibility index (Phi) is 22.2. The van der Waals surface area contributed by atoms with Crippen LogP contribution in [0.2, 0.25) is 0 Å². The minimum absolute atomic E-state index is 1.17. The second-order valence-corrected chi connectivity index (χ2v) is 6.10. The highest BCUT2D eigenvalue weighted by Gasteiger charge is 1.92. The van der Waals surface area contributed by atoms with Gasteiger partial charge in [-0.15, -0.1) is 6.58 Å². The van der Waals surface area contributed by atoms with Crippen LogP contribution >= 0.6 is 0 Å². The van der Waals surface area contributed by atoms with E-state index in [0.717, 1.165) is 0 Å². The summed E-state index contributed by atoms with van der Waals surface area (Å²) >= 11 is 0. The quantitative estimate of drug-likeness (QED) is 0.251. The third-order valence-corrected chi connectivity index (χ3v) is 3.21. The van der Waals surface area contributed by atoms with Gasteiger partial charge in [0.1, 0.15) is 0 Å². The van der Waals surface area contributed by atoms with Crippen molar-refractivity contribution in [3.05, 3.63) is 12.2 Å². The lowest BCUT2D eigenvalue weighted by atomic mass is 10.1. The Morgan fingerprint density at radius 2 is 0.684 bits per heavy atom. The van der Waals surface area contributed by atoms with Crippen LogP contribution in [-0.4, -0.2) is 0 Å². The van der Waals surface area contributed by atoms with Crippen molar-refractivity contribution < 1.29 is 0 Å². The summed E-state index contributed by atoms with van der Waals surface area (Å²) in [6, 6.07) is 0. The van der Waals surface area contributed by atoms with Crippen LogP contribution in [0.5, 0.6) is 0 Å². The maximum atomic E-state index is 3.56. The predicted octanol–water partition coefficient (Wildman–Crippen LogP) is 7.68. The highest BCUT2D eigenvalue weighted by atomic mass is 14.0. The molecule has 0 aromatic carbocycles. The molecule has 0 aliphatic rings. The van der Waals surface area contributed by atoms with Gasteiger partial charge in [0.25, 0.3) is 0 Å². The standard InChI is InChI=1S/C15H32.C4H8/c1-3-5-7-9-11-13-15-14-12-10-8-6-4-2;1-4(2)3/h3-15H2,1-2H3;1H2,2-3H3. The molecule has 0 aromatic rings. The number of hydrogen-bond donors (Lipinski definition) is 0. The SMILES string of the molecule is C=C(C)C.CCCCCCCCCCCCCCC. The third kappa shape index (κ3) is 31.9. The van der Waals surface area contributed by atoms with Gasteiger partial charge in [0.2, 0.25) is 0 Å². The van der Waals surface area contributed by atoms with Crippen LogP contribution in [0.1, 0.15) is 111 Å². The summed E-state index contributed by atoms with van der Waals surface area (Å²) in [6.45, 7) is 12.1. The molecule has 0 atom stereocenters. The van der Waals surface area contributed by atoms with Crippen LogP contribution in [0.25, 0.3) is 0 Å². The van der Waals surface area contributed by atoms with Crippen molar-refractivity contribution in [1.82, 2.24) is 0 Å². The first kappa shape index (κ1) is 21.0. The zero-order chi connectivity index (χ0) is 14.8. The lowest BCUT2D eigenvalue weighted by molar-refractivity contribution is 0.542.